The summed E-state index contributed by atoms with van der Waals surface area (Å²) in [6.07, 6.45) is -10.4. The first-order valence-corrected chi connectivity index (χ1v) is 5.02. The van der Waals surface area contributed by atoms with Crippen LogP contribution in [0.4, 0.5) is 32.0 Å². The number of nitro groups is 1. The summed E-state index contributed by atoms with van der Waals surface area (Å²) in [5.41, 5.74) is -3.23. The van der Waals surface area contributed by atoms with Crippen LogP contribution >= 0.6 is 15.9 Å². The largest absolute Gasteiger partial charge is 0.573 e. The Morgan fingerprint density at radius 3 is 2.05 bits per heavy atom. The molecule has 19 heavy (non-hydrogen) atoms. The van der Waals surface area contributed by atoms with Gasteiger partial charge in [-0.15, -0.1) is 13.2 Å². The molecule has 0 heterocycles. The molecule has 0 aliphatic rings. The average Bonchev–Trinajstić information content (AvgIpc) is 2.11. The van der Waals surface area contributed by atoms with E-state index in [4.69, 9.17) is 0 Å². The van der Waals surface area contributed by atoms with Crippen LogP contribution in [0.25, 0.3) is 0 Å². The lowest BCUT2D eigenvalue weighted by molar-refractivity contribution is -0.389. The topological polar surface area (TPSA) is 52.4 Å². The molecule has 0 atom stereocenters. The standard InChI is InChI=1S/C8H2BrF6NO3/c9-5-2-3(19-8(13,14)15)1-4(7(10,11)12)6(5)16(17)18/h1-2H. The van der Waals surface area contributed by atoms with Gasteiger partial charge in [-0.2, -0.15) is 13.2 Å². The summed E-state index contributed by atoms with van der Waals surface area (Å²) in [4.78, 5) is 9.14. The highest BCUT2D eigenvalue weighted by Crippen LogP contribution is 2.43. The Balaban J connectivity index is 3.44. The molecule has 0 saturated heterocycles. The molecule has 0 aromatic heterocycles. The number of nitrogens with zero attached hydrogens (tertiary/aromatic N) is 1. The highest BCUT2D eigenvalue weighted by atomic mass is 79.9. The summed E-state index contributed by atoms with van der Waals surface area (Å²) < 4.78 is 75.9. The lowest BCUT2D eigenvalue weighted by Crippen LogP contribution is -2.18. The highest BCUT2D eigenvalue weighted by molar-refractivity contribution is 9.10. The SMILES string of the molecule is O=[N+]([O-])c1c(Br)cc(OC(F)(F)F)cc1C(F)(F)F. The predicted molar refractivity (Wildman–Crippen MR) is 52.5 cm³/mol. The van der Waals surface area contributed by atoms with Gasteiger partial charge < -0.3 is 4.74 Å². The van der Waals surface area contributed by atoms with Crippen LogP contribution in [0.15, 0.2) is 16.6 Å². The van der Waals surface area contributed by atoms with Gasteiger partial charge in [0.15, 0.2) is 0 Å². The first kappa shape index (κ1) is 15.5. The zero-order valence-electron chi connectivity index (χ0n) is 8.47. The van der Waals surface area contributed by atoms with Gasteiger partial charge in [-0.05, 0) is 22.0 Å². The smallest absolute Gasteiger partial charge is 0.406 e. The molecule has 0 N–H and O–H groups in total. The van der Waals surface area contributed by atoms with Crippen molar-refractivity contribution in [1.29, 1.82) is 0 Å². The fourth-order valence-electron chi connectivity index (χ4n) is 1.17. The highest BCUT2D eigenvalue weighted by Gasteiger charge is 2.41. The Bertz CT molecular complexity index is 512. The van der Waals surface area contributed by atoms with Crippen LogP contribution in [0.1, 0.15) is 5.56 Å². The summed E-state index contributed by atoms with van der Waals surface area (Å²) in [5, 5.41) is 10.5. The van der Waals surface area contributed by atoms with Crippen LogP contribution in [-0.4, -0.2) is 11.3 Å². The normalized spacial score (nSPS) is 12.4. The molecule has 1 rings (SSSR count). The summed E-state index contributed by atoms with van der Waals surface area (Å²) >= 11 is 2.41. The molecule has 106 valence electrons. The number of hydrogen-bond donors (Lipinski definition) is 0. The van der Waals surface area contributed by atoms with Crippen LogP contribution in [0.2, 0.25) is 0 Å². The van der Waals surface area contributed by atoms with Crippen molar-refractivity contribution in [3.63, 3.8) is 0 Å². The van der Waals surface area contributed by atoms with E-state index in [-0.39, 0.29) is 6.07 Å². The maximum Gasteiger partial charge on any atom is 0.573 e. The van der Waals surface area contributed by atoms with Gasteiger partial charge in [-0.1, -0.05) is 0 Å². The molecule has 1 aromatic rings. The zero-order chi connectivity index (χ0) is 15.0. The van der Waals surface area contributed by atoms with E-state index in [9.17, 15) is 36.5 Å². The van der Waals surface area contributed by atoms with Crippen molar-refractivity contribution in [3.05, 3.63) is 32.3 Å². The van der Waals surface area contributed by atoms with E-state index in [1.165, 1.54) is 0 Å². The number of ether oxygens (including phenoxy) is 1. The van der Waals surface area contributed by atoms with Gasteiger partial charge in [0.2, 0.25) is 0 Å². The van der Waals surface area contributed by atoms with E-state index < -0.39 is 38.9 Å². The van der Waals surface area contributed by atoms with Gasteiger partial charge in [0.25, 0.3) is 5.69 Å². The average molecular weight is 354 g/mol. The summed E-state index contributed by atoms with van der Waals surface area (Å²) in [6, 6.07) is 0.344. The Morgan fingerprint density at radius 2 is 1.68 bits per heavy atom. The monoisotopic (exact) mass is 353 g/mol. The molecule has 0 radical (unpaired) electrons. The van der Waals surface area contributed by atoms with E-state index in [1.807, 2.05) is 0 Å². The Hall–Kier alpha value is -1.52. The Morgan fingerprint density at radius 1 is 1.16 bits per heavy atom. The van der Waals surface area contributed by atoms with E-state index in [0.717, 1.165) is 0 Å². The van der Waals surface area contributed by atoms with Crippen molar-refractivity contribution in [2.45, 2.75) is 12.5 Å². The minimum Gasteiger partial charge on any atom is -0.406 e. The Labute approximate surface area is 109 Å². The van der Waals surface area contributed by atoms with Gasteiger partial charge in [0.1, 0.15) is 11.3 Å². The molecule has 0 unspecified atom stereocenters. The second-order valence-corrected chi connectivity index (χ2v) is 3.96. The van der Waals surface area contributed by atoms with Gasteiger partial charge >= 0.3 is 12.5 Å². The summed E-state index contributed by atoms with van der Waals surface area (Å²) in [7, 11) is 0. The van der Waals surface area contributed by atoms with E-state index in [2.05, 4.69) is 20.7 Å². The van der Waals surface area contributed by atoms with Crippen molar-refractivity contribution < 1.29 is 36.0 Å². The molecule has 0 bridgehead atoms. The second kappa shape index (κ2) is 4.87. The van der Waals surface area contributed by atoms with Gasteiger partial charge in [-0.3, -0.25) is 10.1 Å². The number of nitro benzene ring substituents is 1. The van der Waals surface area contributed by atoms with Crippen LogP contribution in [0, 0.1) is 10.1 Å². The maximum atomic E-state index is 12.5. The van der Waals surface area contributed by atoms with Gasteiger partial charge in [0.05, 0.1) is 9.40 Å². The number of alkyl halides is 6. The molecule has 1 aromatic carbocycles. The molecule has 11 heteroatoms. The third-order valence-electron chi connectivity index (χ3n) is 1.76. The molecular weight excluding hydrogens is 352 g/mol. The lowest BCUT2D eigenvalue weighted by atomic mass is 10.1. The molecule has 4 nitrogen and oxygen atoms in total. The quantitative estimate of drug-likeness (QED) is 0.453. The first-order valence-electron chi connectivity index (χ1n) is 4.22. The van der Waals surface area contributed by atoms with Crippen LogP contribution in [-0.2, 0) is 6.18 Å². The molecule has 0 saturated carbocycles. The number of benzene rings is 1. The molecule has 0 aliphatic heterocycles. The van der Waals surface area contributed by atoms with Crippen LogP contribution < -0.4 is 4.74 Å². The molecular formula is C8H2BrF6NO3. The fraction of sp³-hybridized carbons (Fsp3) is 0.250. The van der Waals surface area contributed by atoms with Gasteiger partial charge in [-0.25, -0.2) is 0 Å². The van der Waals surface area contributed by atoms with Gasteiger partial charge in [0, 0.05) is 6.07 Å². The van der Waals surface area contributed by atoms with E-state index in [0.29, 0.717) is 6.07 Å². The minimum atomic E-state index is -5.21. The van der Waals surface area contributed by atoms with E-state index >= 15 is 0 Å². The Kier molecular flexibility index (Phi) is 3.98. The van der Waals surface area contributed by atoms with Crippen LogP contribution in [0.5, 0.6) is 5.75 Å². The molecule has 0 fully saturated rings. The van der Waals surface area contributed by atoms with E-state index in [1.54, 1.807) is 0 Å². The lowest BCUT2D eigenvalue weighted by Gasteiger charge is -2.13. The molecule has 0 spiro atoms. The fourth-order valence-corrected chi connectivity index (χ4v) is 1.75. The van der Waals surface area contributed by atoms with Crippen molar-refractivity contribution in [3.8, 4) is 5.75 Å². The first-order chi connectivity index (χ1) is 8.42. The van der Waals surface area contributed by atoms with Crippen molar-refractivity contribution in [2.75, 3.05) is 0 Å². The third-order valence-corrected chi connectivity index (χ3v) is 2.36. The number of rotatable bonds is 2. The van der Waals surface area contributed by atoms with Crippen molar-refractivity contribution >= 4 is 21.6 Å². The maximum absolute atomic E-state index is 12.5. The van der Waals surface area contributed by atoms with Crippen molar-refractivity contribution in [2.24, 2.45) is 0 Å². The second-order valence-electron chi connectivity index (χ2n) is 3.10. The predicted octanol–water partition coefficient (Wildman–Crippen LogP) is 4.27. The number of halogens is 7. The zero-order valence-corrected chi connectivity index (χ0v) is 10.1. The molecule has 0 aliphatic carbocycles. The summed E-state index contributed by atoms with van der Waals surface area (Å²) in [5.74, 6) is -1.21. The number of hydrogen-bond acceptors (Lipinski definition) is 3. The van der Waals surface area contributed by atoms with Crippen molar-refractivity contribution in [1.82, 2.24) is 0 Å². The molecule has 0 amide bonds. The third kappa shape index (κ3) is 3.98. The summed E-state index contributed by atoms with van der Waals surface area (Å²) in [6.45, 7) is 0. The minimum absolute atomic E-state index is 0.0869. The van der Waals surface area contributed by atoms with Crippen LogP contribution in [0.3, 0.4) is 0 Å².